The third kappa shape index (κ3) is 5.82. The fourth-order valence-electron chi connectivity index (χ4n) is 3.57. The van der Waals surface area contributed by atoms with Crippen molar-refractivity contribution < 1.29 is 4.42 Å². The van der Waals surface area contributed by atoms with Crippen LogP contribution in [0.4, 0.5) is 5.95 Å². The average Bonchev–Trinajstić information content (AvgIpc) is 3.32. The Morgan fingerprint density at radius 1 is 1.06 bits per heavy atom. The summed E-state index contributed by atoms with van der Waals surface area (Å²) in [7, 11) is 1.77. The van der Waals surface area contributed by atoms with E-state index in [1.807, 2.05) is 18.2 Å². The van der Waals surface area contributed by atoms with E-state index in [1.54, 1.807) is 25.7 Å². The van der Waals surface area contributed by atoms with Crippen LogP contribution in [0.1, 0.15) is 11.3 Å². The fraction of sp³-hybridized carbons (Fsp3) is 0.391. The minimum Gasteiger partial charge on any atom is -0.444 e. The molecule has 0 aliphatic carbocycles. The molecule has 4 rings (SSSR count). The number of benzene rings is 1. The minimum atomic E-state index is 0.546. The van der Waals surface area contributed by atoms with Crippen molar-refractivity contribution in [3.8, 4) is 11.5 Å². The molecule has 1 aliphatic rings. The van der Waals surface area contributed by atoms with Gasteiger partial charge in [-0.05, 0) is 25.1 Å². The molecule has 0 saturated carbocycles. The van der Waals surface area contributed by atoms with E-state index in [2.05, 4.69) is 59.4 Å². The van der Waals surface area contributed by atoms with Gasteiger partial charge in [0.15, 0.2) is 5.96 Å². The number of aromatic nitrogens is 3. The summed E-state index contributed by atoms with van der Waals surface area (Å²) in [5.41, 5.74) is 3.02. The molecule has 3 aromatic rings. The van der Waals surface area contributed by atoms with Crippen LogP contribution in [0.3, 0.4) is 0 Å². The summed E-state index contributed by atoms with van der Waals surface area (Å²) in [4.78, 5) is 22.2. The average molecular weight is 435 g/mol. The summed E-state index contributed by atoms with van der Waals surface area (Å²) in [5, 5.41) is 6.67. The summed E-state index contributed by atoms with van der Waals surface area (Å²) in [5.74, 6) is 2.19. The third-order valence-corrected chi connectivity index (χ3v) is 5.44. The van der Waals surface area contributed by atoms with Crippen molar-refractivity contribution in [1.29, 1.82) is 0 Å². The largest absolute Gasteiger partial charge is 0.444 e. The summed E-state index contributed by atoms with van der Waals surface area (Å²) < 4.78 is 5.63. The maximum absolute atomic E-state index is 5.63. The Kier molecular flexibility index (Phi) is 7.29. The lowest BCUT2D eigenvalue weighted by molar-refractivity contribution is 0.260. The predicted molar refractivity (Wildman–Crippen MR) is 126 cm³/mol. The number of nitrogens with zero attached hydrogens (tertiary/aromatic N) is 6. The molecule has 9 heteroatoms. The predicted octanol–water partition coefficient (Wildman–Crippen LogP) is 1.93. The monoisotopic (exact) mass is 434 g/mol. The van der Waals surface area contributed by atoms with E-state index in [0.717, 1.165) is 62.4 Å². The molecule has 1 aromatic carbocycles. The number of hydrogen-bond acceptors (Lipinski definition) is 7. The van der Waals surface area contributed by atoms with Crippen LogP contribution in [-0.4, -0.2) is 72.1 Å². The zero-order valence-corrected chi connectivity index (χ0v) is 18.7. The second-order valence-electron chi connectivity index (χ2n) is 7.74. The summed E-state index contributed by atoms with van der Waals surface area (Å²) in [6.07, 6.45) is 5.27. The first-order valence-corrected chi connectivity index (χ1v) is 10.9. The van der Waals surface area contributed by atoms with Gasteiger partial charge in [0.1, 0.15) is 6.26 Å². The van der Waals surface area contributed by atoms with Crippen LogP contribution in [-0.2, 0) is 6.54 Å². The number of aliphatic imine (C=N–C) groups is 1. The van der Waals surface area contributed by atoms with Gasteiger partial charge in [0.05, 0.1) is 12.2 Å². The molecular weight excluding hydrogens is 404 g/mol. The van der Waals surface area contributed by atoms with E-state index >= 15 is 0 Å². The molecule has 0 atom stereocenters. The number of rotatable bonds is 7. The molecule has 2 N–H and O–H groups in total. The number of anilines is 1. The van der Waals surface area contributed by atoms with Crippen molar-refractivity contribution in [3.05, 3.63) is 60.2 Å². The van der Waals surface area contributed by atoms with Gasteiger partial charge >= 0.3 is 0 Å². The summed E-state index contributed by atoms with van der Waals surface area (Å²) in [6.45, 7) is 8.23. The molecule has 0 spiro atoms. The highest BCUT2D eigenvalue weighted by Crippen LogP contribution is 2.19. The Hall–Kier alpha value is -3.46. The molecule has 1 saturated heterocycles. The Morgan fingerprint density at radius 2 is 1.81 bits per heavy atom. The van der Waals surface area contributed by atoms with Gasteiger partial charge in [-0.1, -0.05) is 17.7 Å². The SMILES string of the molecule is CN=C(NCCN1CCN(c2ncccn2)CC1)NCc1coc(-c2ccc(C)cc2)n1. The molecule has 9 nitrogen and oxygen atoms in total. The number of piperazine rings is 1. The molecule has 0 bridgehead atoms. The molecule has 1 fully saturated rings. The molecule has 32 heavy (non-hydrogen) atoms. The van der Waals surface area contributed by atoms with Gasteiger partial charge in [0.2, 0.25) is 11.8 Å². The zero-order valence-electron chi connectivity index (χ0n) is 18.7. The van der Waals surface area contributed by atoms with Gasteiger partial charge in [-0.3, -0.25) is 9.89 Å². The Bertz CT molecular complexity index is 994. The van der Waals surface area contributed by atoms with E-state index < -0.39 is 0 Å². The second kappa shape index (κ2) is 10.7. The van der Waals surface area contributed by atoms with E-state index in [1.165, 1.54) is 5.56 Å². The van der Waals surface area contributed by atoms with Gasteiger partial charge in [0, 0.05) is 64.3 Å². The number of oxazole rings is 1. The number of nitrogens with one attached hydrogen (secondary N) is 2. The van der Waals surface area contributed by atoms with E-state index in [4.69, 9.17) is 4.42 Å². The molecule has 3 heterocycles. The summed E-state index contributed by atoms with van der Waals surface area (Å²) >= 11 is 0. The Labute approximate surface area is 188 Å². The lowest BCUT2D eigenvalue weighted by Gasteiger charge is -2.34. The lowest BCUT2D eigenvalue weighted by Crippen LogP contribution is -2.49. The first-order chi connectivity index (χ1) is 15.7. The van der Waals surface area contributed by atoms with Gasteiger partial charge in [-0.25, -0.2) is 15.0 Å². The van der Waals surface area contributed by atoms with E-state index in [-0.39, 0.29) is 0 Å². The normalized spacial score (nSPS) is 15.1. The third-order valence-electron chi connectivity index (χ3n) is 5.44. The molecule has 0 amide bonds. The molecule has 0 unspecified atom stereocenters. The van der Waals surface area contributed by atoms with Gasteiger partial charge in [-0.15, -0.1) is 0 Å². The van der Waals surface area contributed by atoms with Crippen LogP contribution in [0.2, 0.25) is 0 Å². The first-order valence-electron chi connectivity index (χ1n) is 10.9. The van der Waals surface area contributed by atoms with Crippen LogP contribution in [0.25, 0.3) is 11.5 Å². The fourth-order valence-corrected chi connectivity index (χ4v) is 3.57. The lowest BCUT2D eigenvalue weighted by atomic mass is 10.1. The van der Waals surface area contributed by atoms with Crippen molar-refractivity contribution in [2.45, 2.75) is 13.5 Å². The first kappa shape index (κ1) is 21.8. The van der Waals surface area contributed by atoms with Gasteiger partial charge in [-0.2, -0.15) is 0 Å². The van der Waals surface area contributed by atoms with Crippen LogP contribution < -0.4 is 15.5 Å². The van der Waals surface area contributed by atoms with Crippen molar-refractivity contribution in [2.75, 3.05) is 51.2 Å². The van der Waals surface area contributed by atoms with E-state index in [0.29, 0.717) is 12.4 Å². The zero-order chi connectivity index (χ0) is 22.2. The van der Waals surface area contributed by atoms with Crippen LogP contribution in [0, 0.1) is 6.92 Å². The smallest absolute Gasteiger partial charge is 0.226 e. The van der Waals surface area contributed by atoms with Crippen LogP contribution in [0.5, 0.6) is 0 Å². The quantitative estimate of drug-likeness (QED) is 0.430. The second-order valence-corrected chi connectivity index (χ2v) is 7.74. The standard InChI is InChI=1S/C23H30N8O/c1-18-4-6-19(7-5-18)21-29-20(17-32-21)16-28-22(24-2)25-10-11-30-12-14-31(15-13-30)23-26-8-3-9-27-23/h3-9,17H,10-16H2,1-2H3,(H2,24,25,28). The maximum Gasteiger partial charge on any atom is 0.226 e. The minimum absolute atomic E-state index is 0.546. The Balaban J connectivity index is 1.17. The van der Waals surface area contributed by atoms with Gasteiger partial charge < -0.3 is 20.0 Å². The Morgan fingerprint density at radius 3 is 2.53 bits per heavy atom. The topological polar surface area (TPSA) is 94.7 Å². The highest BCUT2D eigenvalue weighted by Gasteiger charge is 2.18. The van der Waals surface area contributed by atoms with Crippen molar-refractivity contribution in [1.82, 2.24) is 30.5 Å². The highest BCUT2D eigenvalue weighted by molar-refractivity contribution is 5.79. The van der Waals surface area contributed by atoms with Crippen molar-refractivity contribution >= 4 is 11.9 Å². The highest BCUT2D eigenvalue weighted by atomic mass is 16.3. The number of guanidine groups is 1. The molecule has 168 valence electrons. The maximum atomic E-state index is 5.63. The van der Waals surface area contributed by atoms with Crippen molar-refractivity contribution in [2.24, 2.45) is 4.99 Å². The van der Waals surface area contributed by atoms with Crippen molar-refractivity contribution in [3.63, 3.8) is 0 Å². The molecule has 2 aromatic heterocycles. The number of aryl methyl sites for hydroxylation is 1. The molecule has 1 aliphatic heterocycles. The van der Waals surface area contributed by atoms with E-state index in [9.17, 15) is 0 Å². The van der Waals surface area contributed by atoms with Crippen LogP contribution >= 0.6 is 0 Å². The van der Waals surface area contributed by atoms with Gasteiger partial charge in [0.25, 0.3) is 0 Å². The molecular formula is C23H30N8O. The summed E-state index contributed by atoms with van der Waals surface area (Å²) in [6, 6.07) is 9.99. The molecule has 0 radical (unpaired) electrons. The number of hydrogen-bond donors (Lipinski definition) is 2. The van der Waals surface area contributed by atoms with Crippen LogP contribution in [0.15, 0.2) is 58.4 Å².